The van der Waals surface area contributed by atoms with E-state index in [4.69, 9.17) is 5.73 Å². The highest BCUT2D eigenvalue weighted by Crippen LogP contribution is 1.84. The van der Waals surface area contributed by atoms with Gasteiger partial charge in [-0.15, -0.1) is 12.4 Å². The number of aldehydes is 1. The van der Waals surface area contributed by atoms with Crippen molar-refractivity contribution in [1.29, 1.82) is 0 Å². The monoisotopic (exact) mass is 263 g/mol. The van der Waals surface area contributed by atoms with Crippen molar-refractivity contribution < 1.29 is 9.59 Å². The number of rotatable bonds is 3. The highest BCUT2D eigenvalue weighted by Gasteiger charge is 2.08. The van der Waals surface area contributed by atoms with Gasteiger partial charge in [0.25, 0.3) is 0 Å². The van der Waals surface area contributed by atoms with Crippen LogP contribution in [0.15, 0.2) is 0 Å². The molecule has 0 amide bonds. The van der Waals surface area contributed by atoms with E-state index in [9.17, 15) is 9.59 Å². The molecule has 1 atom stereocenters. The van der Waals surface area contributed by atoms with Crippen LogP contribution in [0.5, 0.6) is 0 Å². The van der Waals surface area contributed by atoms with E-state index in [1.54, 1.807) is 0 Å². The second-order valence-electron chi connectivity index (χ2n) is 1.26. The lowest BCUT2D eigenvalue weighted by molar-refractivity contribution is -0.121. The van der Waals surface area contributed by atoms with Crippen LogP contribution < -0.4 is 5.73 Å². The molecule has 3 nitrogen and oxygen atoms in total. The molecule has 0 saturated carbocycles. The second-order valence-corrected chi connectivity index (χ2v) is 2.02. The Bertz CT molecular complexity index is 109. The zero-order chi connectivity index (χ0) is 6.57. The van der Waals surface area contributed by atoms with E-state index in [0.29, 0.717) is 10.7 Å². The summed E-state index contributed by atoms with van der Waals surface area (Å²) in [7, 11) is 0. The summed E-state index contributed by atoms with van der Waals surface area (Å²) in [5.74, 6) is -0.222. The lowest BCUT2D eigenvalue weighted by Crippen LogP contribution is -2.32. The van der Waals surface area contributed by atoms with Crippen LogP contribution in [0, 0.1) is 0 Å². The summed E-state index contributed by atoms with van der Waals surface area (Å²) in [6.45, 7) is 0. The van der Waals surface area contributed by atoms with Crippen molar-refractivity contribution in [2.75, 3.05) is 4.43 Å². The van der Waals surface area contributed by atoms with Gasteiger partial charge in [0, 0.05) is 0 Å². The topological polar surface area (TPSA) is 60.2 Å². The first kappa shape index (κ1) is 12.0. The molecular weight excluding hydrogens is 256 g/mol. The van der Waals surface area contributed by atoms with Gasteiger partial charge in [0.05, 0.1) is 4.43 Å². The summed E-state index contributed by atoms with van der Waals surface area (Å²) >= 11 is 1.86. The highest BCUT2D eigenvalue weighted by molar-refractivity contribution is 14.1. The van der Waals surface area contributed by atoms with Crippen LogP contribution in [0.4, 0.5) is 0 Å². The number of carbonyl (C=O) groups excluding carboxylic acids is 2. The predicted molar refractivity (Wildman–Crippen MR) is 45.2 cm³/mol. The van der Waals surface area contributed by atoms with Crippen molar-refractivity contribution in [1.82, 2.24) is 0 Å². The van der Waals surface area contributed by atoms with Gasteiger partial charge in [0.15, 0.2) is 5.78 Å². The number of nitrogens with two attached hydrogens (primary N) is 1. The molecule has 0 rings (SSSR count). The quantitative estimate of drug-likeness (QED) is 0.336. The maximum Gasteiger partial charge on any atom is 0.166 e. The molecule has 0 bridgehead atoms. The van der Waals surface area contributed by atoms with Gasteiger partial charge in [-0.3, -0.25) is 4.79 Å². The molecule has 0 aliphatic carbocycles. The van der Waals surface area contributed by atoms with E-state index < -0.39 is 6.04 Å². The molecule has 0 fully saturated rings. The molecule has 5 heteroatoms. The van der Waals surface area contributed by atoms with E-state index in [1.165, 1.54) is 0 Å². The number of hydrogen-bond donors (Lipinski definition) is 1. The van der Waals surface area contributed by atoms with Gasteiger partial charge >= 0.3 is 0 Å². The lowest BCUT2D eigenvalue weighted by Gasteiger charge is -1.94. The third-order valence-electron chi connectivity index (χ3n) is 0.650. The molecule has 0 aromatic carbocycles. The predicted octanol–water partition coefficient (Wildman–Crippen LogP) is -0.0615. The van der Waals surface area contributed by atoms with Crippen molar-refractivity contribution in [2.24, 2.45) is 5.73 Å². The van der Waals surface area contributed by atoms with Crippen molar-refractivity contribution in [3.63, 3.8) is 0 Å². The summed E-state index contributed by atoms with van der Waals surface area (Å²) in [5.41, 5.74) is 5.00. The van der Waals surface area contributed by atoms with Crippen LogP contribution in [0.3, 0.4) is 0 Å². The molecule has 2 N–H and O–H groups in total. The maximum atomic E-state index is 10.4. The van der Waals surface area contributed by atoms with Crippen molar-refractivity contribution in [3.8, 4) is 0 Å². The molecule has 54 valence electrons. The minimum atomic E-state index is -0.910. The first-order valence-corrected chi connectivity index (χ1v) is 3.54. The normalized spacial score (nSPS) is 11.3. The highest BCUT2D eigenvalue weighted by atomic mass is 127. The SMILES string of the molecule is Cl.NC(C=O)C(=O)CI. The van der Waals surface area contributed by atoms with Gasteiger partial charge in [-0.2, -0.15) is 0 Å². The minimum absolute atomic E-state index is 0. The molecule has 0 spiro atoms. The van der Waals surface area contributed by atoms with Crippen molar-refractivity contribution in [2.45, 2.75) is 6.04 Å². The Labute approximate surface area is 72.9 Å². The first-order valence-electron chi connectivity index (χ1n) is 2.02. The van der Waals surface area contributed by atoms with E-state index in [2.05, 4.69) is 0 Å². The Morgan fingerprint density at radius 1 is 1.78 bits per heavy atom. The molecular formula is C4H7ClINO2. The fourth-order valence-electron chi connectivity index (χ4n) is 0.165. The van der Waals surface area contributed by atoms with Gasteiger partial charge in [-0.25, -0.2) is 0 Å². The van der Waals surface area contributed by atoms with Crippen LogP contribution in [-0.2, 0) is 9.59 Å². The van der Waals surface area contributed by atoms with Gasteiger partial charge < -0.3 is 10.5 Å². The number of carbonyl (C=O) groups is 2. The Kier molecular flexibility index (Phi) is 8.62. The maximum absolute atomic E-state index is 10.4. The largest absolute Gasteiger partial charge is 0.316 e. The molecule has 0 aromatic rings. The third-order valence-corrected chi connectivity index (χ3v) is 1.40. The number of halogens is 2. The van der Waals surface area contributed by atoms with Crippen molar-refractivity contribution in [3.05, 3.63) is 0 Å². The van der Waals surface area contributed by atoms with Gasteiger partial charge in [0.1, 0.15) is 12.3 Å². The van der Waals surface area contributed by atoms with Gasteiger partial charge in [-0.05, 0) is 0 Å². The fourth-order valence-corrected chi connectivity index (χ4v) is 0.674. The first-order chi connectivity index (χ1) is 3.72. The molecule has 9 heavy (non-hydrogen) atoms. The Balaban J connectivity index is 0. The number of ketones is 1. The average molecular weight is 263 g/mol. The zero-order valence-electron chi connectivity index (χ0n) is 4.54. The van der Waals surface area contributed by atoms with Crippen molar-refractivity contribution >= 4 is 47.1 Å². The van der Waals surface area contributed by atoms with Crippen LogP contribution in [0.2, 0.25) is 0 Å². The molecule has 0 aliphatic heterocycles. The summed E-state index contributed by atoms with van der Waals surface area (Å²) in [5, 5.41) is 0. The van der Waals surface area contributed by atoms with E-state index in [0.717, 1.165) is 0 Å². The number of Topliss-reactive ketones (excluding diaryl/α,β-unsaturated/α-hetero) is 1. The molecule has 0 aromatic heterocycles. The average Bonchev–Trinajstić information content (AvgIpc) is 1.84. The van der Waals surface area contributed by atoms with Crippen LogP contribution in [-0.4, -0.2) is 22.5 Å². The molecule has 1 unspecified atom stereocenters. The molecule has 0 saturated heterocycles. The summed E-state index contributed by atoms with van der Waals surface area (Å²) in [4.78, 5) is 20.1. The fraction of sp³-hybridized carbons (Fsp3) is 0.500. The van der Waals surface area contributed by atoms with Crippen LogP contribution in [0.1, 0.15) is 0 Å². The second kappa shape index (κ2) is 6.44. The van der Waals surface area contributed by atoms with E-state index in [1.807, 2.05) is 22.6 Å². The van der Waals surface area contributed by atoms with Gasteiger partial charge in [0.2, 0.25) is 0 Å². The minimum Gasteiger partial charge on any atom is -0.316 e. The van der Waals surface area contributed by atoms with Gasteiger partial charge in [-0.1, -0.05) is 22.6 Å². The standard InChI is InChI=1S/C4H6INO2.ClH/c5-1-4(8)3(6)2-7;/h2-3H,1,6H2;1H. The number of alkyl halides is 1. The van der Waals surface area contributed by atoms with E-state index in [-0.39, 0.29) is 18.2 Å². The smallest absolute Gasteiger partial charge is 0.166 e. The summed E-state index contributed by atoms with van der Waals surface area (Å²) in [6.07, 6.45) is 0.445. The lowest BCUT2D eigenvalue weighted by atomic mass is 10.2. The van der Waals surface area contributed by atoms with E-state index >= 15 is 0 Å². The molecule has 0 radical (unpaired) electrons. The van der Waals surface area contributed by atoms with Crippen LogP contribution in [0.25, 0.3) is 0 Å². The summed E-state index contributed by atoms with van der Waals surface area (Å²) in [6, 6.07) is -0.910. The molecule has 0 aliphatic rings. The number of hydrogen-bond acceptors (Lipinski definition) is 3. The summed E-state index contributed by atoms with van der Waals surface area (Å²) < 4.78 is 0.303. The third kappa shape index (κ3) is 4.80. The Morgan fingerprint density at radius 2 is 2.22 bits per heavy atom. The zero-order valence-corrected chi connectivity index (χ0v) is 7.52. The van der Waals surface area contributed by atoms with Crippen LogP contribution >= 0.6 is 35.0 Å². The Hall–Kier alpha value is 0.320. The molecule has 0 heterocycles. The Morgan fingerprint density at radius 3 is 2.33 bits per heavy atom.